The molecule has 0 saturated carbocycles. The fourth-order valence-electron chi connectivity index (χ4n) is 3.22. The van der Waals surface area contributed by atoms with E-state index in [1.165, 1.54) is 0 Å². The minimum atomic E-state index is -0.133. The number of benzene rings is 2. The summed E-state index contributed by atoms with van der Waals surface area (Å²) in [7, 11) is 0. The summed E-state index contributed by atoms with van der Waals surface area (Å²) >= 11 is 5.96. The highest BCUT2D eigenvalue weighted by atomic mass is 35.5. The molecule has 1 heterocycles. The van der Waals surface area contributed by atoms with E-state index < -0.39 is 0 Å². The van der Waals surface area contributed by atoms with Crippen molar-refractivity contribution in [2.24, 2.45) is 5.92 Å². The summed E-state index contributed by atoms with van der Waals surface area (Å²) in [4.78, 5) is 29.0. The maximum atomic E-state index is 13.2. The predicted octanol–water partition coefficient (Wildman–Crippen LogP) is 5.08. The first-order valence-corrected chi connectivity index (χ1v) is 9.95. The number of nitrogens with zero attached hydrogens (tertiary/aromatic N) is 2. The van der Waals surface area contributed by atoms with Crippen molar-refractivity contribution < 1.29 is 9.59 Å². The van der Waals surface area contributed by atoms with Crippen LogP contribution in [-0.4, -0.2) is 29.9 Å². The fraction of sp³-hybridized carbons (Fsp3) is 0.364. The van der Waals surface area contributed by atoms with Gasteiger partial charge in [0, 0.05) is 30.6 Å². The van der Waals surface area contributed by atoms with Gasteiger partial charge in [0.1, 0.15) is 0 Å². The molecule has 3 rings (SSSR count). The standard InChI is InChI=1S/C22H26ClN3O2/c1-15(2)21(27)24-19-13-16(3)5-10-20(19)26-12-4-11-25(22(26)28)14-17-6-8-18(23)9-7-17/h5-10,13,15H,4,11-12,14H2,1-3H3,(H,24,27). The first kappa shape index (κ1) is 20.2. The molecule has 5 nitrogen and oxygen atoms in total. The zero-order valence-corrected chi connectivity index (χ0v) is 17.3. The Morgan fingerprint density at radius 2 is 1.86 bits per heavy atom. The highest BCUT2D eigenvalue weighted by molar-refractivity contribution is 6.30. The van der Waals surface area contributed by atoms with Crippen molar-refractivity contribution in [2.45, 2.75) is 33.7 Å². The second kappa shape index (κ2) is 8.65. The number of nitrogens with one attached hydrogen (secondary N) is 1. The normalized spacial score (nSPS) is 14.5. The van der Waals surface area contributed by atoms with Gasteiger partial charge in [0.05, 0.1) is 11.4 Å². The van der Waals surface area contributed by atoms with Crippen molar-refractivity contribution in [3.05, 3.63) is 58.6 Å². The third-order valence-electron chi connectivity index (χ3n) is 4.82. The summed E-state index contributed by atoms with van der Waals surface area (Å²) in [5, 5.41) is 3.65. The van der Waals surface area contributed by atoms with Crippen LogP contribution < -0.4 is 10.2 Å². The molecule has 0 atom stereocenters. The Morgan fingerprint density at radius 3 is 2.54 bits per heavy atom. The van der Waals surface area contributed by atoms with Crippen LogP contribution in [0.3, 0.4) is 0 Å². The molecule has 1 aliphatic rings. The van der Waals surface area contributed by atoms with Crippen LogP contribution in [0.4, 0.5) is 16.2 Å². The third kappa shape index (κ3) is 4.65. The lowest BCUT2D eigenvalue weighted by Gasteiger charge is -2.36. The molecule has 0 bridgehead atoms. The van der Waals surface area contributed by atoms with E-state index in [1.807, 2.05) is 68.1 Å². The number of rotatable bonds is 5. The lowest BCUT2D eigenvalue weighted by Crippen LogP contribution is -2.49. The average molecular weight is 400 g/mol. The Hall–Kier alpha value is -2.53. The number of anilines is 2. The summed E-state index contributed by atoms with van der Waals surface area (Å²) in [5.41, 5.74) is 3.49. The Kier molecular flexibility index (Phi) is 6.25. The molecule has 1 fully saturated rings. The lowest BCUT2D eigenvalue weighted by atomic mass is 10.1. The maximum Gasteiger partial charge on any atom is 0.324 e. The minimum Gasteiger partial charge on any atom is -0.324 e. The molecule has 28 heavy (non-hydrogen) atoms. The molecule has 148 valence electrons. The van der Waals surface area contributed by atoms with Crippen LogP contribution in [-0.2, 0) is 11.3 Å². The third-order valence-corrected chi connectivity index (χ3v) is 5.07. The Labute approximate surface area is 171 Å². The Balaban J connectivity index is 1.83. The van der Waals surface area contributed by atoms with Crippen molar-refractivity contribution >= 4 is 34.9 Å². The molecule has 2 aromatic rings. The number of carbonyl (C=O) groups excluding carboxylic acids is 2. The van der Waals surface area contributed by atoms with Crippen LogP contribution in [0.15, 0.2) is 42.5 Å². The van der Waals surface area contributed by atoms with Gasteiger partial charge in [0.25, 0.3) is 0 Å². The van der Waals surface area contributed by atoms with E-state index in [4.69, 9.17) is 11.6 Å². The van der Waals surface area contributed by atoms with Crippen LogP contribution in [0.5, 0.6) is 0 Å². The molecule has 0 radical (unpaired) electrons. The molecule has 0 aliphatic carbocycles. The summed E-state index contributed by atoms with van der Waals surface area (Å²) < 4.78 is 0. The number of hydrogen-bond donors (Lipinski definition) is 1. The van der Waals surface area contributed by atoms with Crippen LogP contribution in [0.2, 0.25) is 5.02 Å². The second-order valence-electron chi connectivity index (χ2n) is 7.50. The summed E-state index contributed by atoms with van der Waals surface area (Å²) in [5.74, 6) is -0.193. The number of hydrogen-bond acceptors (Lipinski definition) is 2. The van der Waals surface area contributed by atoms with E-state index in [-0.39, 0.29) is 17.9 Å². The molecule has 0 aromatic heterocycles. The largest absolute Gasteiger partial charge is 0.324 e. The van der Waals surface area contributed by atoms with E-state index in [9.17, 15) is 9.59 Å². The van der Waals surface area contributed by atoms with E-state index >= 15 is 0 Å². The van der Waals surface area contributed by atoms with Gasteiger partial charge in [-0.2, -0.15) is 0 Å². The molecular weight excluding hydrogens is 374 g/mol. The van der Waals surface area contributed by atoms with E-state index in [0.29, 0.717) is 30.3 Å². The molecule has 3 amide bonds. The van der Waals surface area contributed by atoms with Gasteiger partial charge in [0.2, 0.25) is 5.91 Å². The quantitative estimate of drug-likeness (QED) is 0.762. The molecule has 1 saturated heterocycles. The van der Waals surface area contributed by atoms with Gasteiger partial charge in [-0.1, -0.05) is 43.6 Å². The van der Waals surface area contributed by atoms with Gasteiger partial charge in [-0.05, 0) is 48.7 Å². The number of urea groups is 1. The molecule has 2 aromatic carbocycles. The number of halogens is 1. The van der Waals surface area contributed by atoms with Crippen molar-refractivity contribution in [3.63, 3.8) is 0 Å². The molecular formula is C22H26ClN3O2. The summed E-state index contributed by atoms with van der Waals surface area (Å²) in [6.45, 7) is 7.54. The predicted molar refractivity (Wildman–Crippen MR) is 114 cm³/mol. The smallest absolute Gasteiger partial charge is 0.324 e. The lowest BCUT2D eigenvalue weighted by molar-refractivity contribution is -0.118. The highest BCUT2D eigenvalue weighted by Gasteiger charge is 2.28. The van der Waals surface area contributed by atoms with Crippen molar-refractivity contribution in [1.29, 1.82) is 0 Å². The van der Waals surface area contributed by atoms with Crippen LogP contribution in [0, 0.1) is 12.8 Å². The van der Waals surface area contributed by atoms with Crippen LogP contribution in [0.1, 0.15) is 31.4 Å². The first-order chi connectivity index (χ1) is 13.3. The zero-order valence-electron chi connectivity index (χ0n) is 16.5. The molecule has 0 spiro atoms. The second-order valence-corrected chi connectivity index (χ2v) is 7.94. The minimum absolute atomic E-state index is 0.0508. The monoisotopic (exact) mass is 399 g/mol. The van der Waals surface area contributed by atoms with Crippen molar-refractivity contribution in [3.8, 4) is 0 Å². The van der Waals surface area contributed by atoms with E-state index in [0.717, 1.165) is 23.2 Å². The van der Waals surface area contributed by atoms with Gasteiger partial charge >= 0.3 is 6.03 Å². The van der Waals surface area contributed by atoms with Gasteiger partial charge < -0.3 is 10.2 Å². The van der Waals surface area contributed by atoms with Crippen molar-refractivity contribution in [1.82, 2.24) is 4.90 Å². The number of amides is 3. The maximum absolute atomic E-state index is 13.2. The molecule has 1 aliphatic heterocycles. The van der Waals surface area contributed by atoms with E-state index in [1.54, 1.807) is 4.90 Å². The molecule has 1 N–H and O–H groups in total. The number of aryl methyl sites for hydroxylation is 1. The first-order valence-electron chi connectivity index (χ1n) is 9.57. The molecule has 6 heteroatoms. The van der Waals surface area contributed by atoms with Crippen LogP contribution >= 0.6 is 11.6 Å². The van der Waals surface area contributed by atoms with Gasteiger partial charge in [-0.15, -0.1) is 0 Å². The van der Waals surface area contributed by atoms with Gasteiger partial charge in [-0.25, -0.2) is 4.79 Å². The Morgan fingerprint density at radius 1 is 1.14 bits per heavy atom. The van der Waals surface area contributed by atoms with Gasteiger partial charge in [-0.3, -0.25) is 9.69 Å². The summed E-state index contributed by atoms with van der Waals surface area (Å²) in [6.07, 6.45) is 0.866. The number of carbonyl (C=O) groups is 2. The average Bonchev–Trinajstić information content (AvgIpc) is 2.66. The SMILES string of the molecule is Cc1ccc(N2CCCN(Cc3ccc(Cl)cc3)C2=O)c(NC(=O)C(C)C)c1. The topological polar surface area (TPSA) is 52.6 Å². The van der Waals surface area contributed by atoms with Crippen molar-refractivity contribution in [2.75, 3.05) is 23.3 Å². The zero-order chi connectivity index (χ0) is 20.3. The van der Waals surface area contributed by atoms with E-state index in [2.05, 4.69) is 5.32 Å². The fourth-order valence-corrected chi connectivity index (χ4v) is 3.35. The van der Waals surface area contributed by atoms with Gasteiger partial charge in [0.15, 0.2) is 0 Å². The Bertz CT molecular complexity index is 865. The highest BCUT2D eigenvalue weighted by Crippen LogP contribution is 2.30. The van der Waals surface area contributed by atoms with Crippen LogP contribution in [0.25, 0.3) is 0 Å². The summed E-state index contributed by atoms with van der Waals surface area (Å²) in [6, 6.07) is 13.3. The molecule has 0 unspecified atom stereocenters.